The van der Waals surface area contributed by atoms with Gasteiger partial charge in [-0.05, 0) is 0 Å². The fourth-order valence-electron chi connectivity index (χ4n) is 0.846. The number of nitrogens with zero attached hydrogens (tertiary/aromatic N) is 4. The predicted octanol–water partition coefficient (Wildman–Crippen LogP) is 1.73. The van der Waals surface area contributed by atoms with Crippen molar-refractivity contribution in [1.29, 1.82) is 0 Å². The maximum atomic E-state index is 5.73. The standard InChI is InChI=1S/C6H2Cl2N4/c7-5-3-1-9-10-2-4(3)6(8)12-11-5/h1-2H. The number of aromatic nitrogens is 4. The maximum Gasteiger partial charge on any atom is 0.161 e. The lowest BCUT2D eigenvalue weighted by molar-refractivity contribution is 1.02. The molecule has 0 N–H and O–H groups in total. The van der Waals surface area contributed by atoms with Crippen molar-refractivity contribution in [1.82, 2.24) is 20.4 Å². The van der Waals surface area contributed by atoms with Crippen molar-refractivity contribution in [2.24, 2.45) is 0 Å². The van der Waals surface area contributed by atoms with Crippen LogP contribution in [0.1, 0.15) is 0 Å². The molecule has 0 fully saturated rings. The second-order valence-electron chi connectivity index (χ2n) is 2.10. The average Bonchev–Trinajstić information content (AvgIpc) is 2.12. The van der Waals surface area contributed by atoms with Crippen molar-refractivity contribution in [3.05, 3.63) is 22.7 Å². The third kappa shape index (κ3) is 1.09. The van der Waals surface area contributed by atoms with E-state index >= 15 is 0 Å². The molecule has 0 amide bonds. The highest BCUT2D eigenvalue weighted by atomic mass is 35.5. The summed E-state index contributed by atoms with van der Waals surface area (Å²) in [5, 5.41) is 16.4. The SMILES string of the molecule is Clc1nnc(Cl)c2cnncc12. The minimum atomic E-state index is 0.282. The van der Waals surface area contributed by atoms with Crippen molar-refractivity contribution in [2.75, 3.05) is 0 Å². The van der Waals surface area contributed by atoms with Crippen molar-refractivity contribution >= 4 is 34.0 Å². The quantitative estimate of drug-likeness (QED) is 0.651. The van der Waals surface area contributed by atoms with Crippen LogP contribution in [-0.4, -0.2) is 20.4 Å². The second kappa shape index (κ2) is 2.80. The molecule has 12 heavy (non-hydrogen) atoms. The van der Waals surface area contributed by atoms with Crippen LogP contribution in [0.2, 0.25) is 10.3 Å². The maximum absolute atomic E-state index is 5.73. The van der Waals surface area contributed by atoms with Crippen LogP contribution in [0.4, 0.5) is 0 Å². The van der Waals surface area contributed by atoms with Crippen molar-refractivity contribution in [3.63, 3.8) is 0 Å². The summed E-state index contributed by atoms with van der Waals surface area (Å²) in [5.41, 5.74) is 0. The van der Waals surface area contributed by atoms with Crippen LogP contribution in [-0.2, 0) is 0 Å². The summed E-state index contributed by atoms with van der Waals surface area (Å²) >= 11 is 11.5. The van der Waals surface area contributed by atoms with Crippen LogP contribution in [0.15, 0.2) is 12.4 Å². The van der Waals surface area contributed by atoms with Crippen LogP contribution in [0.5, 0.6) is 0 Å². The smallest absolute Gasteiger partial charge is 0.158 e. The molecule has 0 aliphatic rings. The number of halogens is 2. The first kappa shape index (κ1) is 7.64. The Morgan fingerprint density at radius 3 is 1.67 bits per heavy atom. The Balaban J connectivity index is 2.95. The summed E-state index contributed by atoms with van der Waals surface area (Å²) in [7, 11) is 0. The Morgan fingerprint density at radius 2 is 1.25 bits per heavy atom. The molecule has 0 aliphatic heterocycles. The Bertz CT molecular complexity index is 390. The molecule has 2 aromatic rings. The zero-order chi connectivity index (χ0) is 8.55. The summed E-state index contributed by atoms with van der Waals surface area (Å²) in [6, 6.07) is 0. The molecule has 6 heteroatoms. The molecule has 2 heterocycles. The van der Waals surface area contributed by atoms with Gasteiger partial charge in [0.2, 0.25) is 0 Å². The minimum Gasteiger partial charge on any atom is -0.158 e. The van der Waals surface area contributed by atoms with E-state index in [0.29, 0.717) is 10.8 Å². The van der Waals surface area contributed by atoms with Crippen molar-refractivity contribution < 1.29 is 0 Å². The topological polar surface area (TPSA) is 51.6 Å². The molecule has 0 radical (unpaired) electrons. The zero-order valence-corrected chi connectivity index (χ0v) is 7.21. The number of fused-ring (bicyclic) bond motifs is 1. The van der Waals surface area contributed by atoms with Crippen LogP contribution >= 0.6 is 23.2 Å². The first-order chi connectivity index (χ1) is 5.79. The van der Waals surface area contributed by atoms with Gasteiger partial charge in [-0.25, -0.2) is 0 Å². The normalized spacial score (nSPS) is 10.5. The summed E-state index contributed by atoms with van der Waals surface area (Å²) < 4.78 is 0. The number of hydrogen-bond acceptors (Lipinski definition) is 4. The molecule has 4 nitrogen and oxygen atoms in total. The monoisotopic (exact) mass is 200 g/mol. The molecule has 0 atom stereocenters. The first-order valence-corrected chi connectivity index (χ1v) is 3.82. The second-order valence-corrected chi connectivity index (χ2v) is 2.81. The van der Waals surface area contributed by atoms with Crippen LogP contribution in [0, 0.1) is 0 Å². The number of hydrogen-bond donors (Lipinski definition) is 0. The summed E-state index contributed by atoms with van der Waals surface area (Å²) in [5.74, 6) is 0. The molecule has 0 saturated carbocycles. The highest BCUT2D eigenvalue weighted by molar-refractivity contribution is 6.38. The van der Waals surface area contributed by atoms with Crippen LogP contribution in [0.25, 0.3) is 10.8 Å². The molecule has 2 aromatic heterocycles. The Morgan fingerprint density at radius 1 is 0.833 bits per heavy atom. The van der Waals surface area contributed by atoms with Gasteiger partial charge in [-0.2, -0.15) is 10.2 Å². The van der Waals surface area contributed by atoms with Crippen molar-refractivity contribution in [3.8, 4) is 0 Å². The van der Waals surface area contributed by atoms with Gasteiger partial charge < -0.3 is 0 Å². The third-order valence-corrected chi connectivity index (χ3v) is 1.96. The van der Waals surface area contributed by atoms with E-state index in [2.05, 4.69) is 20.4 Å². The van der Waals surface area contributed by atoms with Gasteiger partial charge in [0.1, 0.15) is 0 Å². The average molecular weight is 201 g/mol. The Kier molecular flexibility index (Phi) is 1.78. The predicted molar refractivity (Wildman–Crippen MR) is 45.1 cm³/mol. The van der Waals surface area contributed by atoms with Crippen LogP contribution in [0.3, 0.4) is 0 Å². The zero-order valence-electron chi connectivity index (χ0n) is 5.70. The van der Waals surface area contributed by atoms with Gasteiger partial charge in [0.05, 0.1) is 12.4 Å². The van der Waals surface area contributed by atoms with E-state index < -0.39 is 0 Å². The highest BCUT2D eigenvalue weighted by Gasteiger charge is 2.05. The van der Waals surface area contributed by atoms with Gasteiger partial charge in [0, 0.05) is 10.8 Å². The molecular weight excluding hydrogens is 199 g/mol. The molecule has 0 saturated heterocycles. The molecule has 0 bridgehead atoms. The van der Waals surface area contributed by atoms with E-state index in [-0.39, 0.29) is 10.3 Å². The van der Waals surface area contributed by atoms with E-state index in [0.717, 1.165) is 0 Å². The van der Waals surface area contributed by atoms with E-state index in [4.69, 9.17) is 23.2 Å². The number of rotatable bonds is 0. The van der Waals surface area contributed by atoms with Crippen LogP contribution < -0.4 is 0 Å². The lowest BCUT2D eigenvalue weighted by Crippen LogP contribution is -1.88. The summed E-state index contributed by atoms with van der Waals surface area (Å²) in [4.78, 5) is 0. The van der Waals surface area contributed by atoms with E-state index in [1.807, 2.05) is 0 Å². The molecule has 60 valence electrons. The Hall–Kier alpha value is -1.00. The van der Waals surface area contributed by atoms with Gasteiger partial charge in [-0.3, -0.25) is 0 Å². The first-order valence-electron chi connectivity index (χ1n) is 3.07. The van der Waals surface area contributed by atoms with E-state index in [1.54, 1.807) is 0 Å². The van der Waals surface area contributed by atoms with Gasteiger partial charge >= 0.3 is 0 Å². The van der Waals surface area contributed by atoms with Gasteiger partial charge in [0.15, 0.2) is 10.3 Å². The van der Waals surface area contributed by atoms with Crippen molar-refractivity contribution in [2.45, 2.75) is 0 Å². The third-order valence-electron chi connectivity index (χ3n) is 1.40. The summed E-state index contributed by atoms with van der Waals surface area (Å²) in [6.45, 7) is 0. The minimum absolute atomic E-state index is 0.282. The molecule has 0 aromatic carbocycles. The van der Waals surface area contributed by atoms with Gasteiger partial charge in [-0.15, -0.1) is 10.2 Å². The lowest BCUT2D eigenvalue weighted by Gasteiger charge is -1.97. The largest absolute Gasteiger partial charge is 0.161 e. The van der Waals surface area contributed by atoms with Gasteiger partial charge in [-0.1, -0.05) is 23.2 Å². The lowest BCUT2D eigenvalue weighted by atomic mass is 10.3. The summed E-state index contributed by atoms with van der Waals surface area (Å²) in [6.07, 6.45) is 3.00. The van der Waals surface area contributed by atoms with E-state index in [9.17, 15) is 0 Å². The Labute approximate surface area is 77.5 Å². The highest BCUT2D eigenvalue weighted by Crippen LogP contribution is 2.23. The fourth-order valence-corrected chi connectivity index (χ4v) is 1.22. The molecule has 0 spiro atoms. The molecule has 0 aliphatic carbocycles. The van der Waals surface area contributed by atoms with Gasteiger partial charge in [0.25, 0.3) is 0 Å². The molecular formula is C6H2Cl2N4. The van der Waals surface area contributed by atoms with E-state index in [1.165, 1.54) is 12.4 Å². The molecule has 2 rings (SSSR count). The molecule has 0 unspecified atom stereocenters. The fraction of sp³-hybridized carbons (Fsp3) is 0.